The summed E-state index contributed by atoms with van der Waals surface area (Å²) < 4.78 is 12.0. The third-order valence-corrected chi connectivity index (χ3v) is 11.2. The highest BCUT2D eigenvalue weighted by atomic mass is 16.5. The number of ether oxygens (including phenoxy) is 2. The minimum absolute atomic E-state index is 0.0299. The number of carbonyl (C=O) groups is 3. The van der Waals surface area contributed by atoms with E-state index < -0.39 is 11.6 Å². The van der Waals surface area contributed by atoms with Crippen molar-refractivity contribution in [3.05, 3.63) is 93.0 Å². The Labute approximate surface area is 313 Å². The van der Waals surface area contributed by atoms with Gasteiger partial charge in [-0.1, -0.05) is 46.0 Å². The van der Waals surface area contributed by atoms with Gasteiger partial charge in [-0.05, 0) is 148 Å². The van der Waals surface area contributed by atoms with Gasteiger partial charge < -0.3 is 19.7 Å². The number of hydrogen-bond donors (Lipinski definition) is 2. The summed E-state index contributed by atoms with van der Waals surface area (Å²) in [6.45, 7) is 12.6. The van der Waals surface area contributed by atoms with E-state index in [0.717, 1.165) is 66.5 Å². The molecule has 1 fully saturated rings. The van der Waals surface area contributed by atoms with Crippen LogP contribution in [0, 0.1) is 39.5 Å². The fourth-order valence-corrected chi connectivity index (χ4v) is 8.23. The molecule has 0 spiro atoms. The van der Waals surface area contributed by atoms with Crippen molar-refractivity contribution >= 4 is 17.5 Å². The van der Waals surface area contributed by atoms with Crippen LogP contribution < -0.4 is 9.47 Å². The van der Waals surface area contributed by atoms with E-state index in [0.29, 0.717) is 40.5 Å². The molecule has 0 amide bonds. The number of benzene rings is 4. The van der Waals surface area contributed by atoms with Crippen LogP contribution in [0.3, 0.4) is 0 Å². The van der Waals surface area contributed by atoms with Crippen molar-refractivity contribution in [3.8, 4) is 45.3 Å². The molecule has 278 valence electrons. The topological polar surface area (TPSA) is 110 Å². The highest BCUT2D eigenvalue weighted by molar-refractivity contribution is 6.31. The SMILES string of the molecule is CCCCCC1CCC(C(=O)Oc2c(C)cc(-c3ccc4c(c3O)C(=O)c3ccc(-c5cc(C)c(OCCCC)c(C)c5)c(O)c3C4=O)cc2C)CC1. The second-order valence-corrected chi connectivity index (χ2v) is 15.1. The van der Waals surface area contributed by atoms with Crippen molar-refractivity contribution in [3.63, 3.8) is 0 Å². The molecule has 0 aromatic heterocycles. The number of rotatable bonds is 12. The number of phenolic OH excluding ortho intramolecular Hbond substituents is 2. The van der Waals surface area contributed by atoms with Crippen LogP contribution in [0.15, 0.2) is 48.5 Å². The van der Waals surface area contributed by atoms with Gasteiger partial charge in [0.1, 0.15) is 23.0 Å². The fourth-order valence-electron chi connectivity index (χ4n) is 8.23. The lowest BCUT2D eigenvalue weighted by molar-refractivity contribution is -0.140. The van der Waals surface area contributed by atoms with Crippen LogP contribution >= 0.6 is 0 Å². The van der Waals surface area contributed by atoms with Gasteiger partial charge in [0.2, 0.25) is 0 Å². The Morgan fingerprint density at radius 1 is 0.642 bits per heavy atom. The zero-order chi connectivity index (χ0) is 38.0. The fraction of sp³-hybridized carbons (Fsp3) is 0.413. The molecule has 4 aromatic rings. The maximum atomic E-state index is 14.0. The lowest BCUT2D eigenvalue weighted by Gasteiger charge is -2.27. The molecule has 2 aliphatic carbocycles. The number of ketones is 2. The van der Waals surface area contributed by atoms with Crippen molar-refractivity contribution in [2.75, 3.05) is 6.61 Å². The molecule has 2 N–H and O–H groups in total. The standard InChI is InChI=1S/C46H52O7/c1-7-9-11-12-30-13-15-31(16-14-30)46(51)53-45-28(5)24-33(25-29(45)6)35-18-20-37-39(41(35)48)43(50)36-19-17-34(40(47)38(36)42(37)49)32-22-26(3)44(27(4)23-32)52-21-10-8-2/h17-20,22-25,30-31,47-48H,7-16,21H2,1-6H3. The van der Waals surface area contributed by atoms with Crippen molar-refractivity contribution in [2.24, 2.45) is 11.8 Å². The number of carbonyl (C=O) groups excluding carboxylic acids is 3. The molecule has 0 saturated heterocycles. The third-order valence-electron chi connectivity index (χ3n) is 11.2. The van der Waals surface area contributed by atoms with Crippen LogP contribution in [-0.4, -0.2) is 34.4 Å². The smallest absolute Gasteiger partial charge is 0.314 e. The van der Waals surface area contributed by atoms with Crippen LogP contribution in [0.1, 0.15) is 132 Å². The van der Waals surface area contributed by atoms with Crippen LogP contribution in [0.25, 0.3) is 22.3 Å². The summed E-state index contributed by atoms with van der Waals surface area (Å²) in [5.41, 5.74) is 5.32. The predicted octanol–water partition coefficient (Wildman–Crippen LogP) is 10.9. The van der Waals surface area contributed by atoms with Crippen LogP contribution in [0.4, 0.5) is 0 Å². The number of esters is 1. The first-order chi connectivity index (χ1) is 25.4. The van der Waals surface area contributed by atoms with Crippen LogP contribution in [0.2, 0.25) is 0 Å². The van der Waals surface area contributed by atoms with Crippen molar-refractivity contribution in [1.82, 2.24) is 0 Å². The number of aromatic hydroxyl groups is 2. The number of fused-ring (bicyclic) bond motifs is 2. The van der Waals surface area contributed by atoms with Gasteiger partial charge in [-0.2, -0.15) is 0 Å². The predicted molar refractivity (Wildman–Crippen MR) is 209 cm³/mol. The van der Waals surface area contributed by atoms with E-state index in [2.05, 4.69) is 13.8 Å². The monoisotopic (exact) mass is 716 g/mol. The Morgan fingerprint density at radius 2 is 1.09 bits per heavy atom. The molecule has 0 unspecified atom stereocenters. The average Bonchev–Trinajstić information content (AvgIpc) is 3.13. The van der Waals surface area contributed by atoms with E-state index in [-0.39, 0.29) is 45.6 Å². The summed E-state index contributed by atoms with van der Waals surface area (Å²) in [7, 11) is 0. The van der Waals surface area contributed by atoms with Gasteiger partial charge >= 0.3 is 5.97 Å². The van der Waals surface area contributed by atoms with E-state index in [9.17, 15) is 24.6 Å². The molecule has 1 saturated carbocycles. The molecule has 0 aliphatic heterocycles. The average molecular weight is 717 g/mol. The highest BCUT2D eigenvalue weighted by Crippen LogP contribution is 2.45. The molecule has 0 radical (unpaired) electrons. The molecule has 53 heavy (non-hydrogen) atoms. The molecule has 7 nitrogen and oxygen atoms in total. The first-order valence-corrected chi connectivity index (χ1v) is 19.3. The minimum Gasteiger partial charge on any atom is -0.507 e. The van der Waals surface area contributed by atoms with E-state index in [1.165, 1.54) is 31.7 Å². The van der Waals surface area contributed by atoms with Gasteiger partial charge in [-0.25, -0.2) is 0 Å². The molecule has 2 aliphatic rings. The second kappa shape index (κ2) is 16.0. The lowest BCUT2D eigenvalue weighted by atomic mass is 9.79. The van der Waals surface area contributed by atoms with E-state index >= 15 is 0 Å². The molecule has 0 heterocycles. The van der Waals surface area contributed by atoms with Crippen molar-refractivity contribution in [2.45, 2.75) is 106 Å². The van der Waals surface area contributed by atoms with Crippen LogP contribution in [-0.2, 0) is 4.79 Å². The largest absolute Gasteiger partial charge is 0.507 e. The highest BCUT2D eigenvalue weighted by Gasteiger charge is 2.36. The summed E-state index contributed by atoms with van der Waals surface area (Å²) in [6.07, 6.45) is 10.8. The van der Waals surface area contributed by atoms with Gasteiger partial charge in [0.25, 0.3) is 0 Å². The quantitative estimate of drug-likeness (QED) is 0.0751. The first-order valence-electron chi connectivity index (χ1n) is 19.3. The zero-order valence-electron chi connectivity index (χ0n) is 32.0. The minimum atomic E-state index is -0.540. The molecule has 4 aromatic carbocycles. The van der Waals surface area contributed by atoms with Gasteiger partial charge in [-0.3, -0.25) is 14.4 Å². The molecular formula is C46H52O7. The lowest BCUT2D eigenvalue weighted by Crippen LogP contribution is -2.26. The Kier molecular flexibility index (Phi) is 11.4. The Hall–Kier alpha value is -4.91. The summed E-state index contributed by atoms with van der Waals surface area (Å²) in [6, 6.07) is 13.8. The number of unbranched alkanes of at least 4 members (excludes halogenated alkanes) is 3. The summed E-state index contributed by atoms with van der Waals surface area (Å²) in [5.74, 6) is 0.0597. The van der Waals surface area contributed by atoms with E-state index in [1.807, 2.05) is 52.0 Å². The van der Waals surface area contributed by atoms with Crippen LogP contribution in [0.5, 0.6) is 23.0 Å². The molecule has 0 bridgehead atoms. The number of phenols is 2. The maximum Gasteiger partial charge on any atom is 0.314 e. The van der Waals surface area contributed by atoms with Gasteiger partial charge in [0.05, 0.1) is 23.7 Å². The van der Waals surface area contributed by atoms with E-state index in [4.69, 9.17) is 9.47 Å². The van der Waals surface area contributed by atoms with Gasteiger partial charge in [-0.15, -0.1) is 0 Å². The molecule has 7 heteroatoms. The summed E-state index contributed by atoms with van der Waals surface area (Å²) >= 11 is 0. The Balaban J connectivity index is 1.24. The third kappa shape index (κ3) is 7.49. The molecule has 6 rings (SSSR count). The number of hydrogen-bond acceptors (Lipinski definition) is 7. The van der Waals surface area contributed by atoms with Gasteiger partial charge in [0.15, 0.2) is 11.6 Å². The van der Waals surface area contributed by atoms with Crippen molar-refractivity contribution < 1.29 is 34.1 Å². The number of aryl methyl sites for hydroxylation is 4. The Bertz CT molecular complexity index is 2020. The molecule has 0 atom stereocenters. The van der Waals surface area contributed by atoms with Gasteiger partial charge in [0, 0.05) is 22.3 Å². The molecular weight excluding hydrogens is 664 g/mol. The zero-order valence-corrected chi connectivity index (χ0v) is 32.0. The summed E-state index contributed by atoms with van der Waals surface area (Å²) in [4.78, 5) is 41.2. The Morgan fingerprint density at radius 3 is 1.57 bits per heavy atom. The second-order valence-electron chi connectivity index (χ2n) is 15.1. The first kappa shape index (κ1) is 37.8. The van der Waals surface area contributed by atoms with Crippen molar-refractivity contribution in [1.29, 1.82) is 0 Å². The maximum absolute atomic E-state index is 14.0. The van der Waals surface area contributed by atoms with E-state index in [1.54, 1.807) is 18.2 Å². The summed E-state index contributed by atoms with van der Waals surface area (Å²) in [5, 5.41) is 23.1. The normalized spacial score (nSPS) is 16.6.